The number of nitrogens with one attached hydrogen (secondary N) is 1. The third-order valence-corrected chi connectivity index (χ3v) is 4.10. The minimum Gasteiger partial charge on any atom is -0.398 e. The van der Waals surface area contributed by atoms with Crippen LogP contribution >= 0.6 is 0 Å². The van der Waals surface area contributed by atoms with Gasteiger partial charge in [-0.1, -0.05) is 12.1 Å². The van der Waals surface area contributed by atoms with Crippen molar-refractivity contribution in [3.63, 3.8) is 0 Å². The van der Waals surface area contributed by atoms with E-state index in [4.69, 9.17) is 5.73 Å². The summed E-state index contributed by atoms with van der Waals surface area (Å²) in [6, 6.07) is 8.46. The zero-order chi connectivity index (χ0) is 14.8. The van der Waals surface area contributed by atoms with Gasteiger partial charge in [-0.15, -0.1) is 0 Å². The Morgan fingerprint density at radius 3 is 2.25 bits per heavy atom. The first-order chi connectivity index (χ1) is 9.38. The predicted octanol–water partition coefficient (Wildman–Crippen LogP) is 2.03. The summed E-state index contributed by atoms with van der Waals surface area (Å²) in [5, 5.41) is 0. The number of nitrogens with two attached hydrogens (primary N) is 1. The molecule has 20 heavy (non-hydrogen) atoms. The Hall–Kier alpha value is -1.99. The maximum absolute atomic E-state index is 13.1. The molecule has 0 fully saturated rings. The quantitative estimate of drug-likeness (QED) is 0.848. The van der Waals surface area contributed by atoms with E-state index in [1.807, 2.05) is 0 Å². The summed E-state index contributed by atoms with van der Waals surface area (Å²) < 4.78 is 52.1. The number of halogens is 2. The second-order valence-corrected chi connectivity index (χ2v) is 5.87. The van der Waals surface area contributed by atoms with Gasteiger partial charge in [0.1, 0.15) is 16.5 Å². The van der Waals surface area contributed by atoms with E-state index in [0.717, 1.165) is 12.1 Å². The van der Waals surface area contributed by atoms with Crippen molar-refractivity contribution in [1.82, 2.24) is 4.72 Å². The molecule has 0 bridgehead atoms. The smallest absolute Gasteiger partial charge is 0.243 e. The van der Waals surface area contributed by atoms with Crippen molar-refractivity contribution in [3.05, 3.63) is 59.7 Å². The summed E-state index contributed by atoms with van der Waals surface area (Å²) in [5.41, 5.74) is 6.06. The molecule has 7 heteroatoms. The van der Waals surface area contributed by atoms with Crippen LogP contribution in [0.15, 0.2) is 47.4 Å². The lowest BCUT2D eigenvalue weighted by Crippen LogP contribution is -2.24. The lowest BCUT2D eigenvalue weighted by atomic mass is 10.2. The van der Waals surface area contributed by atoms with E-state index < -0.39 is 21.7 Å². The summed E-state index contributed by atoms with van der Waals surface area (Å²) in [5.74, 6) is -1.10. The third kappa shape index (κ3) is 3.31. The molecule has 2 rings (SSSR count). The van der Waals surface area contributed by atoms with Crippen LogP contribution in [-0.2, 0) is 16.6 Å². The van der Waals surface area contributed by atoms with E-state index >= 15 is 0 Å². The van der Waals surface area contributed by atoms with Crippen LogP contribution in [0.5, 0.6) is 0 Å². The van der Waals surface area contributed by atoms with E-state index in [9.17, 15) is 17.2 Å². The van der Waals surface area contributed by atoms with E-state index in [2.05, 4.69) is 4.72 Å². The molecule has 0 saturated heterocycles. The maximum Gasteiger partial charge on any atom is 0.243 e. The lowest BCUT2D eigenvalue weighted by molar-refractivity contribution is 0.578. The van der Waals surface area contributed by atoms with E-state index in [1.54, 1.807) is 0 Å². The molecule has 0 aromatic heterocycles. The topological polar surface area (TPSA) is 72.2 Å². The fourth-order valence-corrected chi connectivity index (χ4v) is 2.76. The van der Waals surface area contributed by atoms with Crippen LogP contribution < -0.4 is 10.5 Å². The van der Waals surface area contributed by atoms with Gasteiger partial charge >= 0.3 is 0 Å². The number of benzene rings is 2. The molecule has 0 spiro atoms. The standard InChI is InChI=1S/C13H12F2N2O2S/c14-10-3-1-9(2-4-10)8-17-20(18,19)13-7-11(15)5-6-12(13)16/h1-7,17H,8,16H2. The van der Waals surface area contributed by atoms with Crippen molar-refractivity contribution < 1.29 is 17.2 Å². The monoisotopic (exact) mass is 298 g/mol. The Morgan fingerprint density at radius 2 is 1.60 bits per heavy atom. The molecule has 0 aliphatic heterocycles. The highest BCUT2D eigenvalue weighted by Gasteiger charge is 2.17. The number of rotatable bonds is 4. The van der Waals surface area contributed by atoms with Gasteiger partial charge in [-0.05, 0) is 35.9 Å². The molecule has 0 atom stereocenters. The van der Waals surface area contributed by atoms with Gasteiger partial charge in [-0.25, -0.2) is 21.9 Å². The average molecular weight is 298 g/mol. The number of hydrogen-bond donors (Lipinski definition) is 2. The molecule has 0 aliphatic rings. The first kappa shape index (κ1) is 14.4. The van der Waals surface area contributed by atoms with Gasteiger partial charge < -0.3 is 5.73 Å². The molecule has 0 heterocycles. The normalized spacial score (nSPS) is 11.5. The summed E-state index contributed by atoms with van der Waals surface area (Å²) in [6.45, 7) is -0.0431. The highest BCUT2D eigenvalue weighted by Crippen LogP contribution is 2.19. The van der Waals surface area contributed by atoms with Gasteiger partial charge in [0, 0.05) is 6.54 Å². The van der Waals surface area contributed by atoms with Gasteiger partial charge in [-0.3, -0.25) is 0 Å². The molecule has 2 aromatic carbocycles. The molecule has 3 N–H and O–H groups in total. The molecule has 0 unspecified atom stereocenters. The van der Waals surface area contributed by atoms with Gasteiger partial charge in [0.05, 0.1) is 5.69 Å². The summed E-state index contributed by atoms with van der Waals surface area (Å²) in [6.07, 6.45) is 0. The summed E-state index contributed by atoms with van der Waals surface area (Å²) in [4.78, 5) is -0.320. The van der Waals surface area contributed by atoms with Crippen molar-refractivity contribution in [1.29, 1.82) is 0 Å². The van der Waals surface area contributed by atoms with Crippen LogP contribution in [0.1, 0.15) is 5.56 Å². The molecule has 2 aromatic rings. The van der Waals surface area contributed by atoms with Gasteiger partial charge in [-0.2, -0.15) is 0 Å². The molecule has 0 amide bonds. The van der Waals surface area contributed by atoms with E-state index in [0.29, 0.717) is 5.56 Å². The molecule has 0 aliphatic carbocycles. The second kappa shape index (κ2) is 5.56. The molecule has 106 valence electrons. The van der Waals surface area contributed by atoms with Crippen molar-refractivity contribution >= 4 is 15.7 Å². The predicted molar refractivity (Wildman–Crippen MR) is 71.2 cm³/mol. The fraction of sp³-hybridized carbons (Fsp3) is 0.0769. The van der Waals surface area contributed by atoms with Gasteiger partial charge in [0.25, 0.3) is 0 Å². The Balaban J connectivity index is 2.19. The van der Waals surface area contributed by atoms with Crippen molar-refractivity contribution in [2.45, 2.75) is 11.4 Å². The zero-order valence-corrected chi connectivity index (χ0v) is 11.1. The van der Waals surface area contributed by atoms with Crippen LogP contribution in [-0.4, -0.2) is 8.42 Å². The van der Waals surface area contributed by atoms with E-state index in [-0.39, 0.29) is 17.1 Å². The number of nitrogen functional groups attached to an aromatic ring is 1. The minimum atomic E-state index is -3.93. The summed E-state index contributed by atoms with van der Waals surface area (Å²) >= 11 is 0. The van der Waals surface area contributed by atoms with Crippen LogP contribution in [0.3, 0.4) is 0 Å². The van der Waals surface area contributed by atoms with Crippen LogP contribution in [0, 0.1) is 11.6 Å². The second-order valence-electron chi connectivity index (χ2n) is 4.13. The summed E-state index contributed by atoms with van der Waals surface area (Å²) in [7, 11) is -3.93. The van der Waals surface area contributed by atoms with Crippen molar-refractivity contribution in [2.75, 3.05) is 5.73 Å². The highest BCUT2D eigenvalue weighted by atomic mass is 32.2. The van der Waals surface area contributed by atoms with Gasteiger partial charge in [0.2, 0.25) is 10.0 Å². The Bertz CT molecular complexity index is 716. The molecular formula is C13H12F2N2O2S. The molecule has 4 nitrogen and oxygen atoms in total. The van der Waals surface area contributed by atoms with Crippen LogP contribution in [0.25, 0.3) is 0 Å². The first-order valence-electron chi connectivity index (χ1n) is 5.67. The number of hydrogen-bond acceptors (Lipinski definition) is 3. The Morgan fingerprint density at radius 1 is 1.00 bits per heavy atom. The SMILES string of the molecule is Nc1ccc(F)cc1S(=O)(=O)NCc1ccc(F)cc1. The number of anilines is 1. The Kier molecular flexibility index (Phi) is 4.01. The molecule has 0 radical (unpaired) electrons. The molecular weight excluding hydrogens is 286 g/mol. The third-order valence-electron chi connectivity index (χ3n) is 2.64. The Labute approximate surface area is 115 Å². The van der Waals surface area contributed by atoms with Crippen molar-refractivity contribution in [3.8, 4) is 0 Å². The largest absolute Gasteiger partial charge is 0.398 e. The average Bonchev–Trinajstić information content (AvgIpc) is 2.41. The number of sulfonamides is 1. The van der Waals surface area contributed by atoms with Gasteiger partial charge in [0.15, 0.2) is 0 Å². The fourth-order valence-electron chi connectivity index (χ4n) is 1.60. The first-order valence-corrected chi connectivity index (χ1v) is 7.16. The maximum atomic E-state index is 13.1. The minimum absolute atomic E-state index is 0.0431. The molecule has 0 saturated carbocycles. The highest BCUT2D eigenvalue weighted by molar-refractivity contribution is 7.89. The van der Waals surface area contributed by atoms with Crippen LogP contribution in [0.2, 0.25) is 0 Å². The van der Waals surface area contributed by atoms with Crippen LogP contribution in [0.4, 0.5) is 14.5 Å². The van der Waals surface area contributed by atoms with E-state index in [1.165, 1.54) is 30.3 Å². The zero-order valence-electron chi connectivity index (χ0n) is 10.3. The lowest BCUT2D eigenvalue weighted by Gasteiger charge is -2.09. The van der Waals surface area contributed by atoms with Crippen molar-refractivity contribution in [2.24, 2.45) is 0 Å².